The van der Waals surface area contributed by atoms with E-state index in [1.54, 1.807) is 0 Å². The molecular weight excluding hydrogens is 821 g/mol. The Hall–Kier alpha value is -8.98. The normalized spacial score (nSPS) is 11.2. The van der Waals surface area contributed by atoms with E-state index in [0.717, 1.165) is 56.4 Å². The van der Waals surface area contributed by atoms with E-state index in [0.29, 0.717) is 0 Å². The van der Waals surface area contributed by atoms with Crippen LogP contribution in [0.4, 0.5) is 34.1 Å². The average molecular weight is 867 g/mol. The Morgan fingerprint density at radius 1 is 0.206 bits per heavy atom. The Morgan fingerprint density at radius 3 is 1.26 bits per heavy atom. The van der Waals surface area contributed by atoms with Crippen LogP contribution >= 0.6 is 0 Å². The molecule has 320 valence electrons. The Balaban J connectivity index is 1.11. The minimum atomic E-state index is 1.06. The van der Waals surface area contributed by atoms with Crippen LogP contribution in [0.2, 0.25) is 0 Å². The molecule has 0 spiro atoms. The predicted octanol–water partition coefficient (Wildman–Crippen LogP) is 18.8. The molecule has 0 aliphatic carbocycles. The number of para-hydroxylation sites is 2. The van der Waals surface area contributed by atoms with Gasteiger partial charge in [0.25, 0.3) is 0 Å². The Kier molecular flexibility index (Phi) is 10.6. The average Bonchev–Trinajstić information content (AvgIpc) is 3.42. The van der Waals surface area contributed by atoms with Gasteiger partial charge in [0.15, 0.2) is 0 Å². The fraction of sp³-hybridized carbons (Fsp3) is 0. The number of hydrogen-bond donors (Lipinski definition) is 0. The lowest BCUT2D eigenvalue weighted by atomic mass is 9.92. The standard InChI is InChI=1S/C66H46N2/c1-5-18-47(19-6-1)49-34-39-58(40-35-49)67(56-25-9-3-10-26-56)64-45-55(54-33-32-48-20-13-14-24-53(48)44-54)46-65(66(64)52-22-7-2-8-23-52)68(57-27-11-4-12-28-57)59-41-36-51(37-42-59)61-30-17-31-62-60-29-16-15-21-50(60)38-43-63(61)62/h1-46H. The second-order valence-corrected chi connectivity index (χ2v) is 17.3. The molecule has 0 N–H and O–H groups in total. The lowest BCUT2D eigenvalue weighted by Gasteiger charge is -2.34. The molecule has 68 heavy (non-hydrogen) atoms. The maximum Gasteiger partial charge on any atom is 0.0567 e. The van der Waals surface area contributed by atoms with Gasteiger partial charge in [-0.05, 0) is 138 Å². The highest BCUT2D eigenvalue weighted by Crippen LogP contribution is 2.51. The topological polar surface area (TPSA) is 6.48 Å². The zero-order valence-corrected chi connectivity index (χ0v) is 37.5. The third-order valence-electron chi connectivity index (χ3n) is 13.2. The number of nitrogens with zero attached hydrogens (tertiary/aromatic N) is 2. The number of fused-ring (bicyclic) bond motifs is 4. The molecule has 12 aromatic carbocycles. The van der Waals surface area contributed by atoms with E-state index in [4.69, 9.17) is 0 Å². The van der Waals surface area contributed by atoms with Crippen molar-refractivity contribution in [3.8, 4) is 44.5 Å². The molecule has 0 aromatic heterocycles. The van der Waals surface area contributed by atoms with Crippen LogP contribution in [0.1, 0.15) is 0 Å². The van der Waals surface area contributed by atoms with Gasteiger partial charge in [-0.25, -0.2) is 0 Å². The summed E-state index contributed by atoms with van der Waals surface area (Å²) in [4.78, 5) is 4.88. The van der Waals surface area contributed by atoms with Gasteiger partial charge in [-0.3, -0.25) is 0 Å². The quantitative estimate of drug-likeness (QED) is 0.126. The summed E-state index contributed by atoms with van der Waals surface area (Å²) in [5.74, 6) is 0. The van der Waals surface area contributed by atoms with Crippen LogP contribution in [0.3, 0.4) is 0 Å². The maximum atomic E-state index is 2.44. The third-order valence-corrected chi connectivity index (χ3v) is 13.2. The largest absolute Gasteiger partial charge is 0.310 e. The van der Waals surface area contributed by atoms with Crippen molar-refractivity contribution in [2.24, 2.45) is 0 Å². The highest BCUT2D eigenvalue weighted by Gasteiger charge is 2.26. The lowest BCUT2D eigenvalue weighted by molar-refractivity contribution is 1.25. The first-order valence-electron chi connectivity index (χ1n) is 23.3. The van der Waals surface area contributed by atoms with Crippen molar-refractivity contribution in [3.05, 3.63) is 279 Å². The van der Waals surface area contributed by atoms with Crippen molar-refractivity contribution >= 4 is 66.4 Å². The van der Waals surface area contributed by atoms with Gasteiger partial charge in [0, 0.05) is 28.3 Å². The van der Waals surface area contributed by atoms with E-state index in [1.165, 1.54) is 54.6 Å². The first-order valence-corrected chi connectivity index (χ1v) is 23.3. The summed E-state index contributed by atoms with van der Waals surface area (Å²) in [7, 11) is 0. The van der Waals surface area contributed by atoms with Crippen LogP contribution in [0.15, 0.2) is 279 Å². The van der Waals surface area contributed by atoms with E-state index in [-0.39, 0.29) is 0 Å². The van der Waals surface area contributed by atoms with Gasteiger partial charge in [0.2, 0.25) is 0 Å². The SMILES string of the molecule is c1ccc(-c2ccc(N(c3ccccc3)c3cc(-c4ccc5ccccc5c4)cc(N(c4ccccc4)c4ccc(-c5cccc6c5ccc5ccccc56)cc4)c3-c3ccccc3)cc2)cc1. The number of hydrogen-bond acceptors (Lipinski definition) is 2. The van der Waals surface area contributed by atoms with Gasteiger partial charge >= 0.3 is 0 Å². The van der Waals surface area contributed by atoms with Crippen LogP contribution in [-0.4, -0.2) is 0 Å². The second kappa shape index (κ2) is 17.8. The van der Waals surface area contributed by atoms with Gasteiger partial charge in [-0.1, -0.05) is 212 Å². The van der Waals surface area contributed by atoms with Gasteiger partial charge in [0.1, 0.15) is 0 Å². The molecular formula is C66H46N2. The van der Waals surface area contributed by atoms with Gasteiger partial charge in [-0.15, -0.1) is 0 Å². The van der Waals surface area contributed by atoms with Gasteiger partial charge < -0.3 is 9.80 Å². The van der Waals surface area contributed by atoms with Crippen molar-refractivity contribution < 1.29 is 0 Å². The molecule has 0 radical (unpaired) electrons. The molecule has 2 nitrogen and oxygen atoms in total. The molecule has 0 aliphatic heterocycles. The summed E-state index contributed by atoms with van der Waals surface area (Å²) < 4.78 is 0. The highest BCUT2D eigenvalue weighted by molar-refractivity contribution is 6.12. The molecule has 0 atom stereocenters. The number of anilines is 6. The summed E-state index contributed by atoms with van der Waals surface area (Å²) >= 11 is 0. The Bertz CT molecular complexity index is 3700. The van der Waals surface area contributed by atoms with Crippen molar-refractivity contribution in [2.45, 2.75) is 0 Å². The number of benzene rings is 12. The van der Waals surface area contributed by atoms with Gasteiger partial charge in [-0.2, -0.15) is 0 Å². The van der Waals surface area contributed by atoms with Gasteiger partial charge in [0.05, 0.1) is 11.4 Å². The van der Waals surface area contributed by atoms with Crippen LogP contribution in [0, 0.1) is 0 Å². The monoisotopic (exact) mass is 866 g/mol. The highest BCUT2D eigenvalue weighted by atomic mass is 15.2. The second-order valence-electron chi connectivity index (χ2n) is 17.3. The molecule has 2 heteroatoms. The maximum absolute atomic E-state index is 2.44. The van der Waals surface area contributed by atoms with Crippen LogP contribution < -0.4 is 9.80 Å². The molecule has 0 amide bonds. The summed E-state index contributed by atoms with van der Waals surface area (Å²) in [6.07, 6.45) is 0. The van der Waals surface area contributed by atoms with E-state index in [9.17, 15) is 0 Å². The van der Waals surface area contributed by atoms with E-state index >= 15 is 0 Å². The lowest BCUT2D eigenvalue weighted by Crippen LogP contribution is -2.16. The van der Waals surface area contributed by atoms with E-state index in [1.807, 2.05) is 0 Å². The summed E-state index contributed by atoms with van der Waals surface area (Å²) in [5.41, 5.74) is 15.6. The summed E-state index contributed by atoms with van der Waals surface area (Å²) in [5, 5.41) is 7.45. The molecule has 12 rings (SSSR count). The Morgan fingerprint density at radius 2 is 0.647 bits per heavy atom. The minimum Gasteiger partial charge on any atom is -0.310 e. The molecule has 0 aliphatic rings. The first-order chi connectivity index (χ1) is 33.7. The zero-order valence-electron chi connectivity index (χ0n) is 37.5. The zero-order chi connectivity index (χ0) is 45.2. The Labute approximate surface area is 397 Å². The van der Waals surface area contributed by atoms with Crippen LogP contribution in [-0.2, 0) is 0 Å². The smallest absolute Gasteiger partial charge is 0.0567 e. The molecule has 0 heterocycles. The van der Waals surface area contributed by atoms with Crippen molar-refractivity contribution in [1.29, 1.82) is 0 Å². The summed E-state index contributed by atoms with van der Waals surface area (Å²) in [6, 6.07) is 101. The molecule has 0 fully saturated rings. The molecule has 0 unspecified atom stereocenters. The minimum absolute atomic E-state index is 1.06. The number of rotatable bonds is 10. The fourth-order valence-corrected chi connectivity index (χ4v) is 9.92. The van der Waals surface area contributed by atoms with Crippen molar-refractivity contribution in [3.63, 3.8) is 0 Å². The molecule has 12 aromatic rings. The van der Waals surface area contributed by atoms with Crippen LogP contribution in [0.25, 0.3) is 76.8 Å². The van der Waals surface area contributed by atoms with Crippen molar-refractivity contribution in [2.75, 3.05) is 9.80 Å². The molecule has 0 bridgehead atoms. The molecule has 0 saturated carbocycles. The van der Waals surface area contributed by atoms with Crippen molar-refractivity contribution in [1.82, 2.24) is 0 Å². The fourth-order valence-electron chi connectivity index (χ4n) is 9.92. The first kappa shape index (κ1) is 40.5. The predicted molar refractivity (Wildman–Crippen MR) is 290 cm³/mol. The molecule has 0 saturated heterocycles. The van der Waals surface area contributed by atoms with E-state index < -0.39 is 0 Å². The summed E-state index contributed by atoms with van der Waals surface area (Å²) in [6.45, 7) is 0. The third kappa shape index (κ3) is 7.64. The van der Waals surface area contributed by atoms with Crippen LogP contribution in [0.5, 0.6) is 0 Å². The van der Waals surface area contributed by atoms with E-state index in [2.05, 4.69) is 289 Å².